The molecule has 1 aliphatic heterocycles. The number of thiophene rings is 1. The number of nitrogens with zero attached hydrogens (tertiary/aromatic N) is 1. The average Bonchev–Trinajstić information content (AvgIpc) is 3.28. The van der Waals surface area contributed by atoms with Crippen LogP contribution in [-0.2, 0) is 4.74 Å². The third-order valence-electron chi connectivity index (χ3n) is 4.33. The number of aromatic nitrogens is 1. The molecule has 4 rings (SSSR count). The minimum Gasteiger partial charge on any atom is -0.495 e. The van der Waals surface area contributed by atoms with E-state index in [4.69, 9.17) is 21.1 Å². The second-order valence-electron chi connectivity index (χ2n) is 5.99. The highest BCUT2D eigenvalue weighted by Gasteiger charge is 2.18. The van der Waals surface area contributed by atoms with Gasteiger partial charge in [-0.2, -0.15) is 0 Å². The number of methoxy groups -OCH3 is 1. The summed E-state index contributed by atoms with van der Waals surface area (Å²) in [6, 6.07) is 7.60. The normalized spacial score (nSPS) is 17.3. The Morgan fingerprint density at radius 2 is 2.32 bits per heavy atom. The zero-order chi connectivity index (χ0) is 17.4. The first-order valence-corrected chi connectivity index (χ1v) is 9.32. The van der Waals surface area contributed by atoms with Gasteiger partial charge in [-0.15, -0.1) is 11.3 Å². The van der Waals surface area contributed by atoms with Gasteiger partial charge in [0.15, 0.2) is 0 Å². The minimum atomic E-state index is -0.0915. The number of halogens is 1. The van der Waals surface area contributed by atoms with Crippen molar-refractivity contribution in [1.82, 2.24) is 10.3 Å². The Bertz CT molecular complexity index is 950. The van der Waals surface area contributed by atoms with Gasteiger partial charge in [0.1, 0.15) is 15.6 Å². The molecule has 2 aromatic heterocycles. The smallest absolute Gasteiger partial charge is 0.261 e. The Balaban J connectivity index is 1.63. The van der Waals surface area contributed by atoms with Crippen molar-refractivity contribution >= 4 is 50.0 Å². The van der Waals surface area contributed by atoms with Gasteiger partial charge in [0, 0.05) is 23.9 Å². The van der Waals surface area contributed by atoms with Crippen LogP contribution in [-0.4, -0.2) is 37.3 Å². The molecule has 0 saturated carbocycles. The Labute approximate surface area is 153 Å². The summed E-state index contributed by atoms with van der Waals surface area (Å²) in [5.74, 6) is 0.498. The first-order chi connectivity index (χ1) is 12.2. The number of ether oxygens (including phenoxy) is 2. The van der Waals surface area contributed by atoms with Crippen LogP contribution in [0.4, 0.5) is 0 Å². The Morgan fingerprint density at radius 3 is 3.08 bits per heavy atom. The molecule has 1 amide bonds. The van der Waals surface area contributed by atoms with E-state index in [1.165, 1.54) is 11.3 Å². The second kappa shape index (κ2) is 6.78. The summed E-state index contributed by atoms with van der Waals surface area (Å²) in [7, 11) is 1.58. The Hall–Kier alpha value is -1.89. The van der Waals surface area contributed by atoms with Crippen molar-refractivity contribution in [3.63, 3.8) is 0 Å². The summed E-state index contributed by atoms with van der Waals surface area (Å²) in [6.45, 7) is 1.33. The van der Waals surface area contributed by atoms with Crippen LogP contribution in [0.5, 0.6) is 5.75 Å². The number of carbonyl (C=O) groups excluding carboxylic acids is 1. The van der Waals surface area contributed by atoms with E-state index in [-0.39, 0.29) is 12.0 Å². The molecule has 1 saturated heterocycles. The number of pyridine rings is 1. The van der Waals surface area contributed by atoms with Gasteiger partial charge in [-0.1, -0.05) is 11.6 Å². The fraction of sp³-hybridized carbons (Fsp3) is 0.333. The molecule has 1 N–H and O–H groups in total. The number of hydrogen-bond acceptors (Lipinski definition) is 5. The molecule has 1 atom stereocenters. The monoisotopic (exact) mass is 376 g/mol. The van der Waals surface area contributed by atoms with Crippen molar-refractivity contribution in [2.75, 3.05) is 20.3 Å². The molecule has 3 aromatic rings. The summed E-state index contributed by atoms with van der Waals surface area (Å²) in [4.78, 5) is 18.5. The number of hydrogen-bond donors (Lipinski definition) is 1. The van der Waals surface area contributed by atoms with Gasteiger partial charge in [-0.25, -0.2) is 4.98 Å². The predicted octanol–water partition coefficient (Wildman–Crippen LogP) is 4.02. The fourth-order valence-electron chi connectivity index (χ4n) is 3.01. The van der Waals surface area contributed by atoms with Gasteiger partial charge >= 0.3 is 0 Å². The number of amides is 1. The number of carbonyl (C=O) groups is 1. The van der Waals surface area contributed by atoms with Crippen molar-refractivity contribution in [2.45, 2.75) is 18.9 Å². The van der Waals surface area contributed by atoms with E-state index in [1.54, 1.807) is 7.11 Å². The third kappa shape index (κ3) is 3.17. The number of nitrogens with one attached hydrogen (secondary N) is 1. The van der Waals surface area contributed by atoms with Crippen molar-refractivity contribution in [3.8, 4) is 5.75 Å². The van der Waals surface area contributed by atoms with Crippen LogP contribution in [0.25, 0.3) is 21.1 Å². The van der Waals surface area contributed by atoms with E-state index >= 15 is 0 Å². The van der Waals surface area contributed by atoms with Crippen molar-refractivity contribution in [2.24, 2.45) is 0 Å². The summed E-state index contributed by atoms with van der Waals surface area (Å²) < 4.78 is 10.8. The summed E-state index contributed by atoms with van der Waals surface area (Å²) >= 11 is 7.72. The molecule has 130 valence electrons. The number of rotatable bonds is 4. The molecule has 7 heteroatoms. The predicted molar refractivity (Wildman–Crippen MR) is 100.0 cm³/mol. The fourth-order valence-corrected chi connectivity index (χ4v) is 4.24. The van der Waals surface area contributed by atoms with Crippen molar-refractivity contribution in [1.29, 1.82) is 0 Å². The Kier molecular flexibility index (Phi) is 4.50. The first kappa shape index (κ1) is 16.6. The average molecular weight is 377 g/mol. The molecule has 5 nitrogen and oxygen atoms in total. The van der Waals surface area contributed by atoms with Gasteiger partial charge in [0.05, 0.1) is 23.6 Å². The zero-order valence-corrected chi connectivity index (χ0v) is 15.2. The topological polar surface area (TPSA) is 60.5 Å². The summed E-state index contributed by atoms with van der Waals surface area (Å²) in [5.41, 5.74) is 0.682. The molecular formula is C18H17ClN2O3S. The van der Waals surface area contributed by atoms with Gasteiger partial charge in [0.2, 0.25) is 0 Å². The Morgan fingerprint density at radius 1 is 1.44 bits per heavy atom. The maximum atomic E-state index is 12.4. The molecule has 1 aliphatic rings. The summed E-state index contributed by atoms with van der Waals surface area (Å²) in [6.07, 6.45) is 2.19. The van der Waals surface area contributed by atoms with Crippen LogP contribution in [0.15, 0.2) is 24.3 Å². The lowest BCUT2D eigenvalue weighted by molar-refractivity contribution is 0.0861. The van der Waals surface area contributed by atoms with Crippen LogP contribution in [0.1, 0.15) is 22.5 Å². The standard InChI is InChI=1S/C18H17ClN2O3S/c1-23-13-5-4-10-7-11-8-14(25-18(11)21-16(10)15(13)19)17(22)20-9-12-3-2-6-24-12/h4-5,7-8,12H,2-3,6,9H2,1H3,(H,20,22). The van der Waals surface area contributed by atoms with Gasteiger partial charge in [-0.05, 0) is 37.1 Å². The van der Waals surface area contributed by atoms with Gasteiger partial charge in [-0.3, -0.25) is 4.79 Å². The second-order valence-corrected chi connectivity index (χ2v) is 7.40. The van der Waals surface area contributed by atoms with Gasteiger partial charge < -0.3 is 14.8 Å². The maximum absolute atomic E-state index is 12.4. The van der Waals surface area contributed by atoms with Crippen LogP contribution < -0.4 is 10.1 Å². The van der Waals surface area contributed by atoms with E-state index in [2.05, 4.69) is 10.3 Å². The molecule has 1 aromatic carbocycles. The van der Waals surface area contributed by atoms with E-state index in [0.29, 0.717) is 27.7 Å². The van der Waals surface area contributed by atoms with Crippen molar-refractivity contribution in [3.05, 3.63) is 34.2 Å². The molecular weight excluding hydrogens is 360 g/mol. The highest BCUT2D eigenvalue weighted by atomic mass is 35.5. The number of benzene rings is 1. The van der Waals surface area contributed by atoms with E-state index in [0.717, 1.165) is 35.1 Å². The largest absolute Gasteiger partial charge is 0.495 e. The lowest BCUT2D eigenvalue weighted by Crippen LogP contribution is -2.31. The van der Waals surface area contributed by atoms with E-state index in [9.17, 15) is 4.79 Å². The molecule has 0 bridgehead atoms. The van der Waals surface area contributed by atoms with Crippen LogP contribution in [0, 0.1) is 0 Å². The SMILES string of the molecule is COc1ccc2cc3cc(C(=O)NCC4CCCO4)sc3nc2c1Cl. The summed E-state index contributed by atoms with van der Waals surface area (Å²) in [5, 5.41) is 5.28. The molecule has 0 aliphatic carbocycles. The van der Waals surface area contributed by atoms with Gasteiger partial charge in [0.25, 0.3) is 5.91 Å². The molecule has 1 fully saturated rings. The highest BCUT2D eigenvalue weighted by molar-refractivity contribution is 7.20. The molecule has 3 heterocycles. The lowest BCUT2D eigenvalue weighted by atomic mass is 10.2. The molecule has 0 spiro atoms. The molecule has 0 radical (unpaired) electrons. The van der Waals surface area contributed by atoms with E-state index in [1.807, 2.05) is 24.3 Å². The molecule has 25 heavy (non-hydrogen) atoms. The number of fused-ring (bicyclic) bond motifs is 2. The van der Waals surface area contributed by atoms with Crippen LogP contribution in [0.3, 0.4) is 0 Å². The third-order valence-corrected chi connectivity index (χ3v) is 5.74. The highest BCUT2D eigenvalue weighted by Crippen LogP contribution is 2.35. The van der Waals surface area contributed by atoms with Crippen LogP contribution >= 0.6 is 22.9 Å². The van der Waals surface area contributed by atoms with E-state index < -0.39 is 0 Å². The zero-order valence-electron chi connectivity index (χ0n) is 13.7. The maximum Gasteiger partial charge on any atom is 0.261 e. The minimum absolute atomic E-state index is 0.0915. The van der Waals surface area contributed by atoms with Crippen molar-refractivity contribution < 1.29 is 14.3 Å². The van der Waals surface area contributed by atoms with Crippen LogP contribution in [0.2, 0.25) is 5.02 Å². The lowest BCUT2D eigenvalue weighted by Gasteiger charge is -2.09. The molecule has 1 unspecified atom stereocenters. The quantitative estimate of drug-likeness (QED) is 0.747. The first-order valence-electron chi connectivity index (χ1n) is 8.12.